The van der Waals surface area contributed by atoms with E-state index in [-0.39, 0.29) is 37.1 Å². The molecule has 0 spiro atoms. The van der Waals surface area contributed by atoms with Gasteiger partial charge in [-0.1, -0.05) is 66.2 Å². The summed E-state index contributed by atoms with van der Waals surface area (Å²) < 4.78 is 41.7. The van der Waals surface area contributed by atoms with Crippen molar-refractivity contribution in [3.8, 4) is 5.75 Å². The third kappa shape index (κ3) is 7.69. The molecule has 5 rings (SSSR count). The van der Waals surface area contributed by atoms with Crippen molar-refractivity contribution < 1.29 is 27.5 Å². The van der Waals surface area contributed by atoms with Crippen molar-refractivity contribution in [1.82, 2.24) is 14.2 Å². The van der Waals surface area contributed by atoms with E-state index in [1.165, 1.54) is 4.90 Å². The summed E-state index contributed by atoms with van der Waals surface area (Å²) in [4.78, 5) is 27.6. The SMILES string of the molecule is Cc1cccc2c1cc(C(=O)NS(=O)(=O)C[C@H]1CCCN(C(=O)OCc3ccccc3)C1)n2CCOc1ccccc1Cl. The zero-order valence-corrected chi connectivity index (χ0v) is 25.4. The highest BCUT2D eigenvalue weighted by atomic mass is 35.5. The van der Waals surface area contributed by atoms with Gasteiger partial charge in [0, 0.05) is 24.0 Å². The number of nitrogens with zero attached hydrogens (tertiary/aromatic N) is 2. The molecule has 1 aromatic heterocycles. The smallest absolute Gasteiger partial charge is 0.410 e. The van der Waals surface area contributed by atoms with Crippen LogP contribution in [0.25, 0.3) is 10.9 Å². The lowest BCUT2D eigenvalue weighted by Gasteiger charge is -2.31. The van der Waals surface area contributed by atoms with Crippen molar-refractivity contribution in [2.75, 3.05) is 25.4 Å². The monoisotopic (exact) mass is 623 g/mol. The number of hydrogen-bond acceptors (Lipinski definition) is 6. The molecule has 1 aliphatic rings. The van der Waals surface area contributed by atoms with Crippen molar-refractivity contribution in [3.05, 3.63) is 101 Å². The predicted molar refractivity (Wildman–Crippen MR) is 166 cm³/mol. The minimum absolute atomic E-state index is 0.145. The Morgan fingerprint density at radius 3 is 2.58 bits per heavy atom. The Kier molecular flexibility index (Phi) is 9.57. The van der Waals surface area contributed by atoms with E-state index in [0.29, 0.717) is 36.7 Å². The Morgan fingerprint density at radius 1 is 1.02 bits per heavy atom. The quantitative estimate of drug-likeness (QED) is 0.240. The summed E-state index contributed by atoms with van der Waals surface area (Å²) in [7, 11) is -4.01. The van der Waals surface area contributed by atoms with E-state index in [1.54, 1.807) is 22.8 Å². The summed E-state index contributed by atoms with van der Waals surface area (Å²) in [5.41, 5.74) is 2.84. The number of halogens is 1. The lowest BCUT2D eigenvalue weighted by Crippen LogP contribution is -2.44. The van der Waals surface area contributed by atoms with Gasteiger partial charge in [-0.25, -0.2) is 17.9 Å². The zero-order valence-electron chi connectivity index (χ0n) is 23.9. The Morgan fingerprint density at radius 2 is 1.79 bits per heavy atom. The maximum atomic E-state index is 13.4. The fourth-order valence-corrected chi connectivity index (χ4v) is 6.95. The van der Waals surface area contributed by atoms with Crippen LogP contribution in [0.15, 0.2) is 78.9 Å². The van der Waals surface area contributed by atoms with Gasteiger partial charge in [-0.15, -0.1) is 0 Å². The molecule has 226 valence electrons. The number of carbonyl (C=O) groups is 2. The van der Waals surface area contributed by atoms with Gasteiger partial charge in [-0.3, -0.25) is 4.79 Å². The van der Waals surface area contributed by atoms with Gasteiger partial charge < -0.3 is 18.9 Å². The maximum absolute atomic E-state index is 13.4. The molecule has 3 aromatic carbocycles. The highest BCUT2D eigenvalue weighted by Crippen LogP contribution is 2.26. The summed E-state index contributed by atoms with van der Waals surface area (Å²) in [5.74, 6) is -0.810. The van der Waals surface area contributed by atoms with E-state index >= 15 is 0 Å². The van der Waals surface area contributed by atoms with Crippen molar-refractivity contribution in [3.63, 3.8) is 0 Å². The molecule has 1 saturated heterocycles. The number of rotatable bonds is 10. The molecule has 1 N–H and O–H groups in total. The molecular formula is C32H34ClN3O6S. The van der Waals surface area contributed by atoms with Crippen LogP contribution >= 0.6 is 11.6 Å². The average molecular weight is 624 g/mol. The fourth-order valence-electron chi connectivity index (χ4n) is 5.39. The molecule has 0 bridgehead atoms. The largest absolute Gasteiger partial charge is 0.490 e. The number of aromatic nitrogens is 1. The molecule has 0 unspecified atom stereocenters. The number of piperidine rings is 1. The van der Waals surface area contributed by atoms with Gasteiger partial charge in [0.1, 0.15) is 24.7 Å². The molecule has 9 nitrogen and oxygen atoms in total. The Balaban J connectivity index is 1.24. The van der Waals surface area contributed by atoms with Crippen LogP contribution in [-0.4, -0.2) is 55.3 Å². The number of nitrogens with one attached hydrogen (secondary N) is 1. The molecule has 0 aliphatic carbocycles. The van der Waals surface area contributed by atoms with Crippen molar-refractivity contribution in [2.24, 2.45) is 5.92 Å². The third-order valence-electron chi connectivity index (χ3n) is 7.49. The van der Waals surface area contributed by atoms with E-state index in [0.717, 1.165) is 22.0 Å². The van der Waals surface area contributed by atoms with Crippen LogP contribution in [0.4, 0.5) is 4.79 Å². The Bertz CT molecular complexity index is 1710. The molecule has 1 aliphatic heterocycles. The lowest BCUT2D eigenvalue weighted by atomic mass is 10.0. The van der Waals surface area contributed by atoms with Crippen molar-refractivity contribution in [1.29, 1.82) is 0 Å². The minimum atomic E-state index is -4.01. The first-order valence-corrected chi connectivity index (χ1v) is 16.2. The first-order chi connectivity index (χ1) is 20.7. The summed E-state index contributed by atoms with van der Waals surface area (Å²) in [6.07, 6.45) is 0.790. The van der Waals surface area contributed by atoms with E-state index in [9.17, 15) is 18.0 Å². The van der Waals surface area contributed by atoms with E-state index in [1.807, 2.05) is 67.6 Å². The topological polar surface area (TPSA) is 107 Å². The fraction of sp³-hybridized carbons (Fsp3) is 0.312. The van der Waals surface area contributed by atoms with Gasteiger partial charge in [0.25, 0.3) is 5.91 Å². The number of likely N-dealkylation sites (tertiary alicyclic amines) is 1. The second kappa shape index (κ2) is 13.5. The molecule has 43 heavy (non-hydrogen) atoms. The summed E-state index contributed by atoms with van der Waals surface area (Å²) in [6.45, 7) is 3.32. The predicted octanol–water partition coefficient (Wildman–Crippen LogP) is 5.79. The van der Waals surface area contributed by atoms with Gasteiger partial charge in [0.15, 0.2) is 0 Å². The number of fused-ring (bicyclic) bond motifs is 1. The number of para-hydroxylation sites is 1. The summed E-state index contributed by atoms with van der Waals surface area (Å²) in [6, 6.07) is 23.9. The minimum Gasteiger partial charge on any atom is -0.490 e. The molecule has 1 fully saturated rings. The normalized spacial score (nSPS) is 15.3. The first-order valence-electron chi connectivity index (χ1n) is 14.2. The number of aryl methyl sites for hydroxylation is 1. The van der Waals surface area contributed by atoms with E-state index < -0.39 is 22.0 Å². The second-order valence-electron chi connectivity index (χ2n) is 10.7. The highest BCUT2D eigenvalue weighted by Gasteiger charge is 2.30. The molecule has 4 aromatic rings. The highest BCUT2D eigenvalue weighted by molar-refractivity contribution is 7.90. The third-order valence-corrected chi connectivity index (χ3v) is 9.21. The Hall–Kier alpha value is -4.02. The average Bonchev–Trinajstić information content (AvgIpc) is 3.37. The summed E-state index contributed by atoms with van der Waals surface area (Å²) >= 11 is 6.21. The van der Waals surface area contributed by atoms with E-state index in [4.69, 9.17) is 21.1 Å². The Labute approximate surface area is 256 Å². The zero-order chi connectivity index (χ0) is 30.4. The number of amides is 2. The number of benzene rings is 3. The van der Waals surface area contributed by atoms with Crippen LogP contribution in [0.1, 0.15) is 34.5 Å². The van der Waals surface area contributed by atoms with Gasteiger partial charge in [0.2, 0.25) is 10.0 Å². The standard InChI is InChI=1S/C32H34ClN3O6S/c1-23-9-7-14-28-26(23)19-29(36(28)17-18-41-30-15-6-5-13-27(30)33)31(37)34-43(39,40)22-25-12-8-16-35(20-25)32(38)42-21-24-10-3-2-4-11-24/h2-7,9-11,13-15,19,25H,8,12,16-18,20-22H2,1H3,(H,34,37)/t25-/m0/s1. The van der Waals surface area contributed by atoms with Crippen LogP contribution in [0, 0.1) is 12.8 Å². The molecule has 0 saturated carbocycles. The van der Waals surface area contributed by atoms with Crippen LogP contribution in [0.3, 0.4) is 0 Å². The second-order valence-corrected chi connectivity index (χ2v) is 12.8. The van der Waals surface area contributed by atoms with Crippen LogP contribution in [0.2, 0.25) is 5.02 Å². The molecule has 2 amide bonds. The van der Waals surface area contributed by atoms with Gasteiger partial charge >= 0.3 is 6.09 Å². The van der Waals surface area contributed by atoms with Gasteiger partial charge in [0.05, 0.1) is 17.3 Å². The van der Waals surface area contributed by atoms with Gasteiger partial charge in [-0.05, 0) is 61.1 Å². The van der Waals surface area contributed by atoms with Crippen molar-refractivity contribution in [2.45, 2.75) is 32.9 Å². The maximum Gasteiger partial charge on any atom is 0.410 e. The molecular weight excluding hydrogens is 590 g/mol. The molecule has 0 radical (unpaired) electrons. The molecule has 2 heterocycles. The van der Waals surface area contributed by atoms with Gasteiger partial charge in [-0.2, -0.15) is 0 Å². The first kappa shape index (κ1) is 30.4. The molecule has 11 heteroatoms. The number of hydrogen-bond donors (Lipinski definition) is 1. The number of carbonyl (C=O) groups excluding carboxylic acids is 2. The number of sulfonamides is 1. The lowest BCUT2D eigenvalue weighted by molar-refractivity contribution is 0.0811. The van der Waals surface area contributed by atoms with Crippen molar-refractivity contribution >= 4 is 44.5 Å². The van der Waals surface area contributed by atoms with E-state index in [2.05, 4.69) is 4.72 Å². The van der Waals surface area contributed by atoms with Crippen LogP contribution in [-0.2, 0) is 27.9 Å². The summed E-state index contributed by atoms with van der Waals surface area (Å²) in [5, 5.41) is 1.32. The van der Waals surface area contributed by atoms with Crippen LogP contribution in [0.5, 0.6) is 5.75 Å². The molecule has 1 atom stereocenters. The van der Waals surface area contributed by atoms with Crippen LogP contribution < -0.4 is 9.46 Å². The number of ether oxygens (including phenoxy) is 2.